The van der Waals surface area contributed by atoms with E-state index in [2.05, 4.69) is 23.3 Å². The van der Waals surface area contributed by atoms with Gasteiger partial charge in [-0.25, -0.2) is 0 Å². The van der Waals surface area contributed by atoms with Gasteiger partial charge in [0.1, 0.15) is 18.0 Å². The standard InChI is InChI=1S/C17H22N2O2/c1-3-8-18-15-10-16(17(15)20-2)21-13-9-12-6-4-5-7-14(12)19-11-13/h4-7,9,11,15-18H,3,8,10H2,1-2H3. The Bertz CT molecular complexity index is 602. The van der Waals surface area contributed by atoms with Crippen LogP contribution in [-0.4, -0.2) is 36.9 Å². The van der Waals surface area contributed by atoms with Crippen LogP contribution in [0.25, 0.3) is 10.9 Å². The molecule has 2 aromatic rings. The van der Waals surface area contributed by atoms with Gasteiger partial charge in [0.15, 0.2) is 0 Å². The first-order valence-electron chi connectivity index (χ1n) is 7.59. The molecule has 4 heteroatoms. The number of aromatic nitrogens is 1. The predicted molar refractivity (Wildman–Crippen MR) is 83.7 cm³/mol. The maximum atomic E-state index is 6.04. The van der Waals surface area contributed by atoms with Crippen LogP contribution < -0.4 is 10.1 Å². The molecule has 1 fully saturated rings. The summed E-state index contributed by atoms with van der Waals surface area (Å²) in [5.41, 5.74) is 0.990. The quantitative estimate of drug-likeness (QED) is 0.887. The highest BCUT2D eigenvalue weighted by atomic mass is 16.5. The van der Waals surface area contributed by atoms with Crippen LogP contribution in [0.3, 0.4) is 0 Å². The minimum atomic E-state index is 0.104. The molecular weight excluding hydrogens is 264 g/mol. The fourth-order valence-electron chi connectivity index (χ4n) is 2.83. The van der Waals surface area contributed by atoms with Crippen LogP contribution in [0.5, 0.6) is 5.75 Å². The molecule has 3 rings (SSSR count). The summed E-state index contributed by atoms with van der Waals surface area (Å²) in [6, 6.07) is 10.5. The fraction of sp³-hybridized carbons (Fsp3) is 0.471. The first-order chi connectivity index (χ1) is 10.3. The molecule has 0 spiro atoms. The largest absolute Gasteiger partial charge is 0.486 e. The Morgan fingerprint density at radius 1 is 1.33 bits per heavy atom. The zero-order valence-electron chi connectivity index (χ0n) is 12.6. The smallest absolute Gasteiger partial charge is 0.138 e. The Labute approximate surface area is 125 Å². The van der Waals surface area contributed by atoms with Gasteiger partial charge < -0.3 is 14.8 Å². The minimum absolute atomic E-state index is 0.104. The zero-order chi connectivity index (χ0) is 14.7. The van der Waals surface area contributed by atoms with Gasteiger partial charge in [-0.1, -0.05) is 25.1 Å². The number of fused-ring (bicyclic) bond motifs is 1. The van der Waals surface area contributed by atoms with E-state index in [-0.39, 0.29) is 12.2 Å². The Morgan fingerprint density at radius 3 is 3.00 bits per heavy atom. The van der Waals surface area contributed by atoms with Gasteiger partial charge in [0.05, 0.1) is 11.7 Å². The lowest BCUT2D eigenvalue weighted by Crippen LogP contribution is -2.61. The first kappa shape index (κ1) is 14.3. The highest BCUT2D eigenvalue weighted by Crippen LogP contribution is 2.29. The summed E-state index contributed by atoms with van der Waals surface area (Å²) in [6.07, 6.45) is 4.12. The molecule has 1 aliphatic carbocycles. The molecule has 1 aliphatic rings. The second-order valence-corrected chi connectivity index (χ2v) is 5.52. The summed E-state index contributed by atoms with van der Waals surface area (Å²) in [5.74, 6) is 0.815. The normalized spacial score (nSPS) is 24.8. The molecule has 3 atom stereocenters. The number of hydrogen-bond donors (Lipinski definition) is 1. The Kier molecular flexibility index (Phi) is 4.36. The third-order valence-corrected chi connectivity index (χ3v) is 4.03. The van der Waals surface area contributed by atoms with Crippen molar-refractivity contribution in [1.82, 2.24) is 10.3 Å². The van der Waals surface area contributed by atoms with Gasteiger partial charge in [0.25, 0.3) is 0 Å². The number of pyridine rings is 1. The highest BCUT2D eigenvalue weighted by Gasteiger charge is 2.42. The summed E-state index contributed by atoms with van der Waals surface area (Å²) in [6.45, 7) is 3.19. The zero-order valence-corrected chi connectivity index (χ0v) is 12.6. The second-order valence-electron chi connectivity index (χ2n) is 5.52. The Hall–Kier alpha value is -1.65. The molecule has 0 saturated heterocycles. The van der Waals surface area contributed by atoms with E-state index in [4.69, 9.17) is 9.47 Å². The molecule has 0 aliphatic heterocycles. The molecule has 1 aromatic carbocycles. The van der Waals surface area contributed by atoms with Crippen molar-refractivity contribution in [2.24, 2.45) is 0 Å². The number of rotatable bonds is 6. The average Bonchev–Trinajstić information content (AvgIpc) is 2.50. The number of nitrogens with one attached hydrogen (secondary N) is 1. The molecule has 3 unspecified atom stereocenters. The highest BCUT2D eigenvalue weighted by molar-refractivity contribution is 5.79. The van der Waals surface area contributed by atoms with Crippen LogP contribution in [0.1, 0.15) is 19.8 Å². The van der Waals surface area contributed by atoms with Gasteiger partial charge in [0.2, 0.25) is 0 Å². The van der Waals surface area contributed by atoms with Crippen LogP contribution in [0.15, 0.2) is 36.5 Å². The fourth-order valence-corrected chi connectivity index (χ4v) is 2.83. The molecule has 4 nitrogen and oxygen atoms in total. The van der Waals surface area contributed by atoms with Crippen molar-refractivity contribution in [3.8, 4) is 5.75 Å². The molecule has 1 heterocycles. The van der Waals surface area contributed by atoms with E-state index in [0.29, 0.717) is 6.04 Å². The maximum Gasteiger partial charge on any atom is 0.138 e. The molecule has 0 radical (unpaired) electrons. The van der Waals surface area contributed by atoms with Crippen molar-refractivity contribution >= 4 is 10.9 Å². The Balaban J connectivity index is 1.65. The topological polar surface area (TPSA) is 43.4 Å². The third-order valence-electron chi connectivity index (χ3n) is 4.03. The number of ether oxygens (including phenoxy) is 2. The molecular formula is C17H22N2O2. The summed E-state index contributed by atoms with van der Waals surface area (Å²) < 4.78 is 11.6. The number of nitrogens with zero attached hydrogens (tertiary/aromatic N) is 1. The van der Waals surface area contributed by atoms with Crippen molar-refractivity contribution in [3.63, 3.8) is 0 Å². The monoisotopic (exact) mass is 286 g/mol. The molecule has 21 heavy (non-hydrogen) atoms. The lowest BCUT2D eigenvalue weighted by Gasteiger charge is -2.43. The molecule has 112 valence electrons. The minimum Gasteiger partial charge on any atom is -0.486 e. The molecule has 0 bridgehead atoms. The first-order valence-corrected chi connectivity index (χ1v) is 7.59. The molecule has 0 amide bonds. The van der Waals surface area contributed by atoms with Crippen LogP contribution in [0.4, 0.5) is 0 Å². The van der Waals surface area contributed by atoms with Crippen molar-refractivity contribution < 1.29 is 9.47 Å². The number of para-hydroxylation sites is 1. The summed E-state index contributed by atoms with van der Waals surface area (Å²) in [5, 5.41) is 4.60. The Morgan fingerprint density at radius 2 is 2.19 bits per heavy atom. The van der Waals surface area contributed by atoms with E-state index in [1.807, 2.05) is 24.3 Å². The molecule has 1 aromatic heterocycles. The van der Waals surface area contributed by atoms with Gasteiger partial charge in [-0.2, -0.15) is 0 Å². The van der Waals surface area contributed by atoms with Crippen LogP contribution >= 0.6 is 0 Å². The molecule has 1 N–H and O–H groups in total. The van der Waals surface area contributed by atoms with Gasteiger partial charge in [-0.05, 0) is 25.1 Å². The predicted octanol–water partition coefficient (Wildman–Crippen LogP) is 2.77. The van der Waals surface area contributed by atoms with Crippen LogP contribution in [-0.2, 0) is 4.74 Å². The van der Waals surface area contributed by atoms with Crippen LogP contribution in [0, 0.1) is 0 Å². The SMILES string of the molecule is CCCNC1CC(Oc2cnc3ccccc3c2)C1OC. The summed E-state index contributed by atoms with van der Waals surface area (Å²) in [4.78, 5) is 4.43. The second kappa shape index (κ2) is 6.41. The lowest BCUT2D eigenvalue weighted by atomic mass is 9.85. The van der Waals surface area contributed by atoms with Gasteiger partial charge in [0, 0.05) is 25.0 Å². The van der Waals surface area contributed by atoms with Crippen molar-refractivity contribution in [2.45, 2.75) is 38.0 Å². The summed E-state index contributed by atoms with van der Waals surface area (Å²) in [7, 11) is 1.75. The van der Waals surface area contributed by atoms with E-state index >= 15 is 0 Å². The van der Waals surface area contributed by atoms with Gasteiger partial charge >= 0.3 is 0 Å². The average molecular weight is 286 g/mol. The molecule has 1 saturated carbocycles. The van der Waals surface area contributed by atoms with E-state index < -0.39 is 0 Å². The van der Waals surface area contributed by atoms with E-state index in [9.17, 15) is 0 Å². The van der Waals surface area contributed by atoms with Crippen molar-refractivity contribution in [2.75, 3.05) is 13.7 Å². The van der Waals surface area contributed by atoms with Crippen LogP contribution in [0.2, 0.25) is 0 Å². The van der Waals surface area contributed by atoms with E-state index in [1.165, 1.54) is 0 Å². The summed E-state index contributed by atoms with van der Waals surface area (Å²) >= 11 is 0. The van der Waals surface area contributed by atoms with E-state index in [0.717, 1.165) is 36.0 Å². The third kappa shape index (κ3) is 3.01. The lowest BCUT2D eigenvalue weighted by molar-refractivity contribution is -0.0887. The van der Waals surface area contributed by atoms with Crippen molar-refractivity contribution in [1.29, 1.82) is 0 Å². The van der Waals surface area contributed by atoms with E-state index in [1.54, 1.807) is 13.3 Å². The van der Waals surface area contributed by atoms with Gasteiger partial charge in [-0.15, -0.1) is 0 Å². The van der Waals surface area contributed by atoms with Gasteiger partial charge in [-0.3, -0.25) is 4.98 Å². The maximum absolute atomic E-state index is 6.04. The number of hydrogen-bond acceptors (Lipinski definition) is 4. The van der Waals surface area contributed by atoms with Crippen molar-refractivity contribution in [3.05, 3.63) is 36.5 Å². The number of methoxy groups -OCH3 is 1. The number of benzene rings is 1.